The maximum Gasteiger partial charge on any atom is 0.0639 e. The van der Waals surface area contributed by atoms with Crippen molar-refractivity contribution in [2.24, 2.45) is 5.73 Å². The van der Waals surface area contributed by atoms with Gasteiger partial charge in [-0.2, -0.15) is 0 Å². The van der Waals surface area contributed by atoms with Crippen molar-refractivity contribution in [1.82, 2.24) is 4.90 Å². The Hall–Kier alpha value is -0.120. The lowest BCUT2D eigenvalue weighted by Crippen LogP contribution is -2.64. The van der Waals surface area contributed by atoms with Crippen LogP contribution in [0.2, 0.25) is 0 Å². The highest BCUT2D eigenvalue weighted by molar-refractivity contribution is 5.01. The molecule has 0 saturated carbocycles. The molecule has 0 radical (unpaired) electrons. The van der Waals surface area contributed by atoms with Crippen molar-refractivity contribution >= 4 is 0 Å². The molecule has 1 rings (SSSR count). The summed E-state index contributed by atoms with van der Waals surface area (Å²) in [5.41, 5.74) is 6.25. The first-order chi connectivity index (χ1) is 6.65. The van der Waals surface area contributed by atoms with Gasteiger partial charge in [0.25, 0.3) is 0 Å². The van der Waals surface area contributed by atoms with Crippen LogP contribution in [0.3, 0.4) is 0 Å². The molecule has 1 heterocycles. The van der Waals surface area contributed by atoms with E-state index in [1.807, 2.05) is 6.92 Å². The molecule has 0 aromatic carbocycles. The van der Waals surface area contributed by atoms with Crippen LogP contribution < -0.4 is 5.73 Å². The minimum atomic E-state index is -0.280. The smallest absolute Gasteiger partial charge is 0.0639 e. The van der Waals surface area contributed by atoms with E-state index < -0.39 is 0 Å². The topological polar surface area (TPSA) is 49.5 Å². The number of β-amino-alcohol motifs (C(OH)–C–C–N with tert-alkyl or cyclic N) is 1. The van der Waals surface area contributed by atoms with Gasteiger partial charge >= 0.3 is 0 Å². The normalized spacial score (nSPS) is 29.0. The summed E-state index contributed by atoms with van der Waals surface area (Å²) in [6.07, 6.45) is 1.73. The molecule has 3 heteroatoms. The first-order valence-corrected chi connectivity index (χ1v) is 5.86. The molecule has 1 unspecified atom stereocenters. The number of aliphatic hydroxyl groups is 1. The van der Waals surface area contributed by atoms with Gasteiger partial charge in [0, 0.05) is 23.7 Å². The summed E-state index contributed by atoms with van der Waals surface area (Å²) in [5.74, 6) is 0. The van der Waals surface area contributed by atoms with Gasteiger partial charge in [-0.3, -0.25) is 4.90 Å². The molecule has 3 nitrogen and oxygen atoms in total. The standard InChI is InChI=1S/C12H26N2O/c1-9(15)8-14-11(2,3)6-10(13)7-12(14,4)5/h9-10,15H,6-8,13H2,1-5H3. The molecule has 3 N–H and O–H groups in total. The minimum absolute atomic E-state index is 0.0815. The van der Waals surface area contributed by atoms with Crippen molar-refractivity contribution in [3.8, 4) is 0 Å². The molecule has 0 bridgehead atoms. The lowest BCUT2D eigenvalue weighted by molar-refractivity contribution is -0.0572. The van der Waals surface area contributed by atoms with E-state index in [9.17, 15) is 5.11 Å². The van der Waals surface area contributed by atoms with Crippen LogP contribution in [0.25, 0.3) is 0 Å². The minimum Gasteiger partial charge on any atom is -0.392 e. The summed E-state index contributed by atoms with van der Waals surface area (Å²) in [6.45, 7) is 11.5. The predicted octanol–water partition coefficient (Wildman–Crippen LogP) is 1.35. The number of likely N-dealkylation sites (tertiary alicyclic amines) is 1. The number of nitrogens with zero attached hydrogens (tertiary/aromatic N) is 1. The maximum absolute atomic E-state index is 9.56. The third-order valence-electron chi connectivity index (χ3n) is 3.43. The third-order valence-corrected chi connectivity index (χ3v) is 3.43. The molecule has 1 aliphatic heterocycles. The SMILES string of the molecule is CC(O)CN1C(C)(C)CC(N)CC1(C)C. The molecule has 1 saturated heterocycles. The number of rotatable bonds is 2. The Morgan fingerprint density at radius 2 is 1.67 bits per heavy atom. The highest BCUT2D eigenvalue weighted by Gasteiger charge is 2.44. The molecule has 0 aliphatic carbocycles. The molecule has 1 aliphatic rings. The summed E-state index contributed by atoms with van der Waals surface area (Å²) < 4.78 is 0. The molecule has 90 valence electrons. The van der Waals surface area contributed by atoms with Crippen molar-refractivity contribution in [3.05, 3.63) is 0 Å². The molecule has 1 fully saturated rings. The Kier molecular flexibility index (Phi) is 3.49. The van der Waals surface area contributed by atoms with E-state index in [0.717, 1.165) is 19.4 Å². The maximum atomic E-state index is 9.56. The van der Waals surface area contributed by atoms with Crippen LogP contribution in [-0.4, -0.2) is 39.8 Å². The van der Waals surface area contributed by atoms with Crippen molar-refractivity contribution < 1.29 is 5.11 Å². The van der Waals surface area contributed by atoms with Crippen molar-refractivity contribution in [2.75, 3.05) is 6.54 Å². The lowest BCUT2D eigenvalue weighted by atomic mass is 9.77. The fourth-order valence-corrected chi connectivity index (χ4v) is 3.15. The molecular weight excluding hydrogens is 188 g/mol. The zero-order chi connectivity index (χ0) is 11.9. The number of hydrogen-bond donors (Lipinski definition) is 2. The average molecular weight is 214 g/mol. The first kappa shape index (κ1) is 12.9. The summed E-state index contributed by atoms with van der Waals surface area (Å²) in [6, 6.07) is 0.278. The van der Waals surface area contributed by atoms with Gasteiger partial charge in [0.05, 0.1) is 6.10 Å². The summed E-state index contributed by atoms with van der Waals surface area (Å²) in [4.78, 5) is 2.40. The third kappa shape index (κ3) is 2.92. The van der Waals surface area contributed by atoms with Crippen molar-refractivity contribution in [1.29, 1.82) is 0 Å². The zero-order valence-corrected chi connectivity index (χ0v) is 10.7. The van der Waals surface area contributed by atoms with Gasteiger partial charge in [-0.05, 0) is 47.5 Å². The monoisotopic (exact) mass is 214 g/mol. The Morgan fingerprint density at radius 1 is 1.27 bits per heavy atom. The van der Waals surface area contributed by atoms with E-state index in [1.54, 1.807) is 0 Å². The zero-order valence-electron chi connectivity index (χ0n) is 10.7. The molecule has 0 amide bonds. The van der Waals surface area contributed by atoms with Gasteiger partial charge in [0.15, 0.2) is 0 Å². The Labute approximate surface area is 93.6 Å². The number of piperidine rings is 1. The largest absolute Gasteiger partial charge is 0.392 e. The van der Waals surface area contributed by atoms with Crippen LogP contribution >= 0.6 is 0 Å². The molecule has 0 spiro atoms. The second kappa shape index (κ2) is 4.04. The van der Waals surface area contributed by atoms with Gasteiger partial charge in [-0.1, -0.05) is 0 Å². The second-order valence-corrected chi connectivity index (χ2v) is 6.25. The number of aliphatic hydroxyl groups excluding tert-OH is 1. The van der Waals surface area contributed by atoms with Crippen molar-refractivity contribution in [2.45, 2.75) is 70.7 Å². The molecule has 0 aromatic rings. The van der Waals surface area contributed by atoms with E-state index in [-0.39, 0.29) is 23.2 Å². The van der Waals surface area contributed by atoms with E-state index in [0.29, 0.717) is 0 Å². The lowest BCUT2D eigenvalue weighted by Gasteiger charge is -2.55. The Morgan fingerprint density at radius 3 is 2.00 bits per heavy atom. The molecule has 0 aromatic heterocycles. The summed E-state index contributed by atoms with van der Waals surface area (Å²) in [5, 5.41) is 9.56. The van der Waals surface area contributed by atoms with Gasteiger partial charge in [-0.15, -0.1) is 0 Å². The fourth-order valence-electron chi connectivity index (χ4n) is 3.15. The molecular formula is C12H26N2O. The van der Waals surface area contributed by atoms with Crippen LogP contribution in [0.1, 0.15) is 47.5 Å². The van der Waals surface area contributed by atoms with Gasteiger partial charge in [-0.25, -0.2) is 0 Å². The summed E-state index contributed by atoms with van der Waals surface area (Å²) >= 11 is 0. The summed E-state index contributed by atoms with van der Waals surface area (Å²) in [7, 11) is 0. The number of nitrogens with two attached hydrogens (primary N) is 1. The highest BCUT2D eigenvalue weighted by Crippen LogP contribution is 2.37. The molecule has 1 atom stereocenters. The van der Waals surface area contributed by atoms with Gasteiger partial charge in [0.2, 0.25) is 0 Å². The highest BCUT2D eigenvalue weighted by atomic mass is 16.3. The van der Waals surface area contributed by atoms with Crippen molar-refractivity contribution in [3.63, 3.8) is 0 Å². The van der Waals surface area contributed by atoms with Gasteiger partial charge in [0.1, 0.15) is 0 Å². The predicted molar refractivity (Wildman–Crippen MR) is 63.8 cm³/mol. The number of hydrogen-bond acceptors (Lipinski definition) is 3. The second-order valence-electron chi connectivity index (χ2n) is 6.25. The van der Waals surface area contributed by atoms with Crippen LogP contribution in [-0.2, 0) is 0 Å². The van der Waals surface area contributed by atoms with Crippen LogP contribution in [0.4, 0.5) is 0 Å². The van der Waals surface area contributed by atoms with Crippen LogP contribution in [0.15, 0.2) is 0 Å². The van der Waals surface area contributed by atoms with E-state index in [4.69, 9.17) is 5.73 Å². The Balaban J connectivity index is 2.87. The van der Waals surface area contributed by atoms with Gasteiger partial charge < -0.3 is 10.8 Å². The molecule has 15 heavy (non-hydrogen) atoms. The van der Waals surface area contributed by atoms with Crippen LogP contribution in [0, 0.1) is 0 Å². The van der Waals surface area contributed by atoms with Crippen LogP contribution in [0.5, 0.6) is 0 Å². The first-order valence-electron chi connectivity index (χ1n) is 5.86. The van der Waals surface area contributed by atoms with E-state index >= 15 is 0 Å². The average Bonchev–Trinajstić information content (AvgIpc) is 1.94. The fraction of sp³-hybridized carbons (Fsp3) is 1.00. The quantitative estimate of drug-likeness (QED) is 0.729. The van der Waals surface area contributed by atoms with E-state index in [2.05, 4.69) is 32.6 Å². The Bertz CT molecular complexity index is 206. The van der Waals surface area contributed by atoms with E-state index in [1.165, 1.54) is 0 Å².